The van der Waals surface area contributed by atoms with Gasteiger partial charge in [0.15, 0.2) is 0 Å². The van der Waals surface area contributed by atoms with Crippen LogP contribution in [0.4, 0.5) is 0 Å². The minimum absolute atomic E-state index is 0.247. The van der Waals surface area contributed by atoms with E-state index >= 15 is 0 Å². The van der Waals surface area contributed by atoms with Crippen molar-refractivity contribution >= 4 is 23.2 Å². The van der Waals surface area contributed by atoms with Crippen LogP contribution in [0.15, 0.2) is 0 Å². The Morgan fingerprint density at radius 2 is 0.824 bits per heavy atom. The molecule has 5 rings (SSSR count). The van der Waals surface area contributed by atoms with Gasteiger partial charge in [-0.1, -0.05) is 65.2 Å². The van der Waals surface area contributed by atoms with Gasteiger partial charge in [0, 0.05) is 10.8 Å². The maximum Gasteiger partial charge on any atom is 0.129 e. The van der Waals surface area contributed by atoms with Crippen molar-refractivity contribution in [3.05, 3.63) is 0 Å². The molecule has 0 atom stereocenters. The highest BCUT2D eigenvalue weighted by Crippen LogP contribution is 2.77. The van der Waals surface area contributed by atoms with Gasteiger partial charge in [0.1, 0.15) is 4.33 Å². The van der Waals surface area contributed by atoms with Gasteiger partial charge in [-0.15, -0.1) is 23.2 Å². The summed E-state index contributed by atoms with van der Waals surface area (Å²) in [7, 11) is 0. The van der Waals surface area contributed by atoms with Crippen molar-refractivity contribution in [2.24, 2.45) is 46.3 Å². The molecule has 0 N–H and O–H groups in total. The van der Waals surface area contributed by atoms with E-state index in [9.17, 15) is 0 Å². The number of halogens is 2. The van der Waals surface area contributed by atoms with Gasteiger partial charge in [0.05, 0.1) is 0 Å². The highest BCUT2D eigenvalue weighted by molar-refractivity contribution is 6.50. The van der Waals surface area contributed by atoms with Crippen molar-refractivity contribution in [3.63, 3.8) is 0 Å². The molecule has 5 saturated carbocycles. The van der Waals surface area contributed by atoms with Gasteiger partial charge in [0.25, 0.3) is 0 Å². The van der Waals surface area contributed by atoms with Crippen LogP contribution >= 0.6 is 23.2 Å². The fourth-order valence-corrected chi connectivity index (χ4v) is 11.4. The molecular weight excluding hydrogens is 455 g/mol. The maximum absolute atomic E-state index is 7.42. The van der Waals surface area contributed by atoms with E-state index in [1.807, 2.05) is 0 Å². The van der Waals surface area contributed by atoms with E-state index < -0.39 is 4.33 Å². The van der Waals surface area contributed by atoms with Gasteiger partial charge in [-0.05, 0) is 119 Å². The lowest BCUT2D eigenvalue weighted by Crippen LogP contribution is -2.66. The van der Waals surface area contributed by atoms with Gasteiger partial charge < -0.3 is 0 Å². The predicted octanol–water partition coefficient (Wildman–Crippen LogP) is 11.1. The summed E-state index contributed by atoms with van der Waals surface area (Å²) in [4.78, 5) is 0. The minimum atomic E-state index is -0.451. The van der Waals surface area contributed by atoms with Crippen molar-refractivity contribution in [3.8, 4) is 0 Å². The van der Waals surface area contributed by atoms with E-state index in [2.05, 4.69) is 13.8 Å². The normalized spacial score (nSPS) is 46.9. The van der Waals surface area contributed by atoms with Gasteiger partial charge in [0.2, 0.25) is 0 Å². The van der Waals surface area contributed by atoms with Crippen LogP contribution in [0.25, 0.3) is 0 Å². The smallest absolute Gasteiger partial charge is 0.100 e. The zero-order valence-corrected chi connectivity index (χ0v) is 24.1. The Kier molecular flexibility index (Phi) is 8.28. The second-order valence-corrected chi connectivity index (χ2v) is 15.5. The summed E-state index contributed by atoms with van der Waals surface area (Å²) in [5.74, 6) is 6.00. The Bertz CT molecular complexity index is 582. The Morgan fingerprint density at radius 1 is 0.500 bits per heavy atom. The largest absolute Gasteiger partial charge is 0.129 e. The monoisotopic (exact) mass is 508 g/mol. The summed E-state index contributed by atoms with van der Waals surface area (Å²) < 4.78 is -0.451. The van der Waals surface area contributed by atoms with E-state index in [1.54, 1.807) is 0 Å². The van der Waals surface area contributed by atoms with Crippen LogP contribution in [0.3, 0.4) is 0 Å². The number of hydrogen-bond donors (Lipinski definition) is 0. The number of rotatable bonds is 6. The van der Waals surface area contributed by atoms with Crippen molar-refractivity contribution in [1.29, 1.82) is 0 Å². The van der Waals surface area contributed by atoms with E-state index in [4.69, 9.17) is 23.2 Å². The molecule has 5 fully saturated rings. The van der Waals surface area contributed by atoms with E-state index in [1.165, 1.54) is 135 Å². The number of hydrogen-bond acceptors (Lipinski definition) is 0. The third-order valence-corrected chi connectivity index (χ3v) is 14.1. The first-order valence-corrected chi connectivity index (χ1v) is 16.6. The first-order chi connectivity index (χ1) is 16.4. The van der Waals surface area contributed by atoms with Crippen molar-refractivity contribution < 1.29 is 0 Å². The Labute approximate surface area is 222 Å². The van der Waals surface area contributed by atoms with Crippen LogP contribution in [0, 0.1) is 46.3 Å². The van der Waals surface area contributed by atoms with Crippen LogP contribution in [0.5, 0.6) is 0 Å². The van der Waals surface area contributed by atoms with Crippen molar-refractivity contribution in [1.82, 2.24) is 0 Å². The zero-order valence-electron chi connectivity index (χ0n) is 22.6. The van der Waals surface area contributed by atoms with Crippen LogP contribution in [-0.4, -0.2) is 4.33 Å². The molecule has 196 valence electrons. The lowest BCUT2D eigenvalue weighted by Gasteiger charge is -2.69. The van der Waals surface area contributed by atoms with Gasteiger partial charge in [-0.3, -0.25) is 0 Å². The Morgan fingerprint density at radius 3 is 1.12 bits per heavy atom. The quantitative estimate of drug-likeness (QED) is 0.312. The Hall–Kier alpha value is 0.580. The topological polar surface area (TPSA) is 0 Å². The molecule has 0 bridgehead atoms. The molecule has 0 aliphatic heterocycles. The first kappa shape index (κ1) is 26.2. The minimum Gasteiger partial charge on any atom is -0.100 e. The molecule has 5 aliphatic carbocycles. The SMILES string of the molecule is CCC[C@H]1CC[C@H](C2CCC3(CC2)CC2(CCC([C@H]4CC[C@H](CCC)CC4)CC2)C3(Cl)Cl)CC1. The lowest BCUT2D eigenvalue weighted by molar-refractivity contribution is -0.122. The van der Waals surface area contributed by atoms with Gasteiger partial charge >= 0.3 is 0 Å². The molecule has 34 heavy (non-hydrogen) atoms. The molecule has 0 unspecified atom stereocenters. The lowest BCUT2D eigenvalue weighted by atomic mass is 9.42. The number of alkyl halides is 2. The van der Waals surface area contributed by atoms with Crippen LogP contribution in [-0.2, 0) is 0 Å². The summed E-state index contributed by atoms with van der Waals surface area (Å²) in [6, 6.07) is 0. The van der Waals surface area contributed by atoms with E-state index in [0.717, 1.165) is 35.5 Å². The average molecular weight is 510 g/mol. The Balaban J connectivity index is 1.09. The zero-order chi connectivity index (χ0) is 23.8. The second-order valence-electron chi connectivity index (χ2n) is 14.1. The molecule has 2 spiro atoms. The van der Waals surface area contributed by atoms with Crippen LogP contribution in [0.2, 0.25) is 0 Å². The summed E-state index contributed by atoms with van der Waals surface area (Å²) >= 11 is 14.8. The standard InChI is InChI=1S/C32H54Cl2/c1-3-5-24-7-11-26(12-8-24)28-15-19-30(20-16-28)23-31(32(30,33)34)21-17-29(18-22-31)27-13-9-25(6-4-2)10-14-27/h24-29H,3-23H2,1-2H3/t24-,25-,26-,27-,28?,29?,30?,31?. The summed E-state index contributed by atoms with van der Waals surface area (Å²) in [5, 5.41) is 0. The predicted molar refractivity (Wildman–Crippen MR) is 149 cm³/mol. The molecule has 5 aliphatic rings. The first-order valence-electron chi connectivity index (χ1n) is 15.8. The van der Waals surface area contributed by atoms with E-state index in [-0.39, 0.29) is 10.8 Å². The second kappa shape index (κ2) is 10.8. The van der Waals surface area contributed by atoms with Crippen LogP contribution < -0.4 is 0 Å². The average Bonchev–Trinajstić information content (AvgIpc) is 2.86. The maximum atomic E-state index is 7.42. The van der Waals surface area contributed by atoms with Crippen molar-refractivity contribution in [2.45, 2.75) is 153 Å². The molecule has 0 saturated heterocycles. The molecule has 0 amide bonds. The molecule has 0 aromatic rings. The summed E-state index contributed by atoms with van der Waals surface area (Å²) in [6.45, 7) is 4.71. The molecule has 0 aromatic carbocycles. The molecule has 2 heteroatoms. The molecule has 0 heterocycles. The molecular formula is C32H54Cl2. The fourth-order valence-electron chi connectivity index (χ4n) is 10.3. The summed E-state index contributed by atoms with van der Waals surface area (Å²) in [6.07, 6.45) is 29.9. The third kappa shape index (κ3) is 4.76. The van der Waals surface area contributed by atoms with Crippen molar-refractivity contribution in [2.75, 3.05) is 0 Å². The fraction of sp³-hybridized carbons (Fsp3) is 1.00. The highest BCUT2D eigenvalue weighted by Gasteiger charge is 2.72. The molecule has 0 nitrogen and oxygen atoms in total. The van der Waals surface area contributed by atoms with Crippen LogP contribution in [0.1, 0.15) is 149 Å². The highest BCUT2D eigenvalue weighted by atomic mass is 35.5. The molecule has 0 radical (unpaired) electrons. The molecule has 0 aromatic heterocycles. The van der Waals surface area contributed by atoms with Gasteiger partial charge in [-0.25, -0.2) is 0 Å². The van der Waals surface area contributed by atoms with E-state index in [0.29, 0.717) is 0 Å². The summed E-state index contributed by atoms with van der Waals surface area (Å²) in [5.41, 5.74) is 0.494. The third-order valence-electron chi connectivity index (χ3n) is 12.5. The van der Waals surface area contributed by atoms with Gasteiger partial charge in [-0.2, -0.15) is 0 Å².